The Balaban J connectivity index is 3.87. The van der Waals surface area contributed by atoms with E-state index in [1.807, 2.05) is 0 Å². The van der Waals surface area contributed by atoms with Crippen LogP contribution in [-0.2, 0) is 13.6 Å². The van der Waals surface area contributed by atoms with Crippen LogP contribution in [0.4, 0.5) is 26.3 Å². The van der Waals surface area contributed by atoms with Crippen molar-refractivity contribution in [3.63, 3.8) is 0 Å². The molecule has 0 spiro atoms. The zero-order valence-electron chi connectivity index (χ0n) is 15.1. The molecular formula is C15H26F6O3Si. The third-order valence-electron chi connectivity index (χ3n) is 5.20. The lowest BCUT2D eigenvalue weighted by Gasteiger charge is -2.60. The smallest absolute Gasteiger partial charge is 0.394 e. The van der Waals surface area contributed by atoms with Crippen molar-refractivity contribution in [1.82, 2.24) is 0 Å². The summed E-state index contributed by atoms with van der Waals surface area (Å²) < 4.78 is 104. The van der Waals surface area contributed by atoms with E-state index in [2.05, 4.69) is 0 Å². The van der Waals surface area contributed by atoms with Gasteiger partial charge in [0.15, 0.2) is 5.22 Å². The fourth-order valence-corrected chi connectivity index (χ4v) is 7.95. The molecule has 1 fully saturated rings. The first-order valence-corrected chi connectivity index (χ1v) is 10.1. The predicted molar refractivity (Wildman–Crippen MR) is 82.6 cm³/mol. The van der Waals surface area contributed by atoms with Crippen LogP contribution in [0.3, 0.4) is 0 Å². The predicted octanol–water partition coefficient (Wildman–Crippen LogP) is 4.51. The van der Waals surface area contributed by atoms with Gasteiger partial charge in [-0.25, -0.2) is 8.78 Å². The maximum atomic E-state index is 15.9. The summed E-state index contributed by atoms with van der Waals surface area (Å²) in [5.41, 5.74) is -3.84. The van der Waals surface area contributed by atoms with Crippen molar-refractivity contribution in [2.75, 3.05) is 21.3 Å². The maximum Gasteiger partial charge on any atom is 0.416 e. The van der Waals surface area contributed by atoms with Gasteiger partial charge in [-0.2, -0.15) is 17.6 Å². The second-order valence-corrected chi connectivity index (χ2v) is 9.79. The second kappa shape index (κ2) is 7.36. The van der Waals surface area contributed by atoms with Crippen LogP contribution in [0.2, 0.25) is 0 Å². The number of hydrogen-bond donors (Lipinski definition) is 0. The summed E-state index contributed by atoms with van der Waals surface area (Å²) in [7, 11) is -2.30. The fraction of sp³-hybridized carbons (Fsp3) is 1.00. The van der Waals surface area contributed by atoms with Crippen LogP contribution >= 0.6 is 0 Å². The van der Waals surface area contributed by atoms with E-state index in [9.17, 15) is 22.0 Å². The highest BCUT2D eigenvalue weighted by molar-refractivity contribution is 6.73. The molecule has 0 bridgehead atoms. The number of unbranched alkanes of at least 4 members (excludes halogenated alkanes) is 1. The molecule has 0 radical (unpaired) electrons. The zero-order chi connectivity index (χ0) is 19.7. The minimum absolute atomic E-state index is 0.0848. The minimum atomic E-state index is -5.29. The summed E-state index contributed by atoms with van der Waals surface area (Å²) >= 11 is 0. The Kier molecular flexibility index (Phi) is 6.69. The van der Waals surface area contributed by atoms with Crippen LogP contribution in [0.5, 0.6) is 0 Å². The van der Waals surface area contributed by atoms with Gasteiger partial charge in [-0.15, -0.1) is 0 Å². The fourth-order valence-electron chi connectivity index (χ4n) is 3.93. The number of ether oxygens (including phenoxy) is 1. The maximum absolute atomic E-state index is 15.9. The van der Waals surface area contributed by atoms with E-state index >= 15 is 4.39 Å². The van der Waals surface area contributed by atoms with E-state index in [1.54, 1.807) is 6.92 Å². The molecule has 10 heteroatoms. The molecule has 1 aliphatic rings. The van der Waals surface area contributed by atoms with E-state index in [0.717, 1.165) is 21.3 Å². The zero-order valence-corrected chi connectivity index (χ0v) is 16.1. The Hall–Kier alpha value is -0.323. The Morgan fingerprint density at radius 3 is 1.76 bits per heavy atom. The molecule has 1 aliphatic heterocycles. The third-order valence-corrected chi connectivity index (χ3v) is 9.42. The highest BCUT2D eigenvalue weighted by Crippen LogP contribution is 2.64. The molecule has 0 saturated carbocycles. The van der Waals surface area contributed by atoms with Crippen molar-refractivity contribution >= 4 is 8.56 Å². The highest BCUT2D eigenvalue weighted by Gasteiger charge is 2.92. The van der Waals surface area contributed by atoms with Crippen molar-refractivity contribution in [1.29, 1.82) is 0 Å². The molecular weight excluding hydrogens is 370 g/mol. The molecule has 1 rings (SSSR count). The summed E-state index contributed by atoms with van der Waals surface area (Å²) in [4.78, 5) is 0. The van der Waals surface area contributed by atoms with Gasteiger partial charge in [-0.1, -0.05) is 33.1 Å². The van der Waals surface area contributed by atoms with Crippen molar-refractivity contribution in [2.45, 2.75) is 74.5 Å². The lowest BCUT2D eigenvalue weighted by molar-refractivity contribution is -0.338. The first kappa shape index (κ1) is 22.7. The van der Waals surface area contributed by atoms with Gasteiger partial charge in [-0.05, 0) is 12.8 Å². The Bertz CT molecular complexity index is 463. The monoisotopic (exact) mass is 396 g/mol. The Morgan fingerprint density at radius 1 is 0.880 bits per heavy atom. The molecule has 0 aromatic rings. The van der Waals surface area contributed by atoms with Crippen LogP contribution in [0.15, 0.2) is 0 Å². The van der Waals surface area contributed by atoms with Gasteiger partial charge >= 0.3 is 20.4 Å². The Labute approximate surface area is 145 Å². The van der Waals surface area contributed by atoms with Crippen molar-refractivity contribution in [3.05, 3.63) is 0 Å². The first-order chi connectivity index (χ1) is 11.5. The molecule has 0 N–H and O–H groups in total. The van der Waals surface area contributed by atoms with Crippen LogP contribution in [0.1, 0.15) is 46.0 Å². The quantitative estimate of drug-likeness (QED) is 0.446. The van der Waals surface area contributed by atoms with E-state index in [0.29, 0.717) is 0 Å². The molecule has 0 aromatic carbocycles. The number of alkyl halides is 6. The minimum Gasteiger partial charge on any atom is -0.394 e. The topological polar surface area (TPSA) is 27.7 Å². The normalized spacial score (nSPS) is 36.4. The molecule has 0 aliphatic carbocycles. The van der Waals surface area contributed by atoms with E-state index in [4.69, 9.17) is 13.6 Å². The number of halogens is 6. The standard InChI is InChI=1S/C15H26F6O3Si/c1-6-8-10-12(17)13(22-3,9-7-2)25(23-4,24-5)11(16)14(18,19)15(12,20)21/h11H,6-10H2,1-5H3. The highest BCUT2D eigenvalue weighted by atomic mass is 28.4. The molecule has 3 nitrogen and oxygen atoms in total. The number of methoxy groups -OCH3 is 1. The van der Waals surface area contributed by atoms with Gasteiger partial charge in [0.05, 0.1) is 0 Å². The van der Waals surface area contributed by atoms with Gasteiger partial charge < -0.3 is 13.6 Å². The van der Waals surface area contributed by atoms with Crippen LogP contribution in [0.25, 0.3) is 0 Å². The summed E-state index contributed by atoms with van der Waals surface area (Å²) in [5.74, 6) is -14.1. The molecule has 1 saturated heterocycles. The lowest BCUT2D eigenvalue weighted by Crippen LogP contribution is -2.89. The molecule has 25 heavy (non-hydrogen) atoms. The van der Waals surface area contributed by atoms with Crippen molar-refractivity contribution in [3.8, 4) is 0 Å². The second-order valence-electron chi connectivity index (χ2n) is 6.32. The Morgan fingerprint density at radius 2 is 1.40 bits per heavy atom. The largest absolute Gasteiger partial charge is 0.416 e. The summed E-state index contributed by atoms with van der Waals surface area (Å²) in [6.45, 7) is 3.13. The van der Waals surface area contributed by atoms with Gasteiger partial charge in [-0.3, -0.25) is 0 Å². The third kappa shape index (κ3) is 2.58. The first-order valence-electron chi connectivity index (χ1n) is 8.20. The number of hydrogen-bond acceptors (Lipinski definition) is 3. The van der Waals surface area contributed by atoms with Gasteiger partial charge in [0.1, 0.15) is 0 Å². The van der Waals surface area contributed by atoms with Gasteiger partial charge in [0.2, 0.25) is 11.5 Å². The molecule has 0 amide bonds. The number of rotatable bonds is 8. The van der Waals surface area contributed by atoms with Crippen LogP contribution in [-0.4, -0.2) is 58.4 Å². The SMILES string of the molecule is CCCCC1(F)C(F)(F)C(F)(F)C(F)[Si](OC)(OC)C1(CCC)OC. The van der Waals surface area contributed by atoms with E-state index in [-0.39, 0.29) is 19.3 Å². The summed E-state index contributed by atoms with van der Waals surface area (Å²) in [5, 5.41) is -2.63. The van der Waals surface area contributed by atoms with Crippen LogP contribution in [0, 0.1) is 0 Å². The van der Waals surface area contributed by atoms with Crippen molar-refractivity contribution < 1.29 is 39.9 Å². The summed E-state index contributed by atoms with van der Waals surface area (Å²) in [6.07, 6.45) is -1.10. The molecule has 150 valence electrons. The lowest BCUT2D eigenvalue weighted by atomic mass is 9.79. The van der Waals surface area contributed by atoms with Crippen molar-refractivity contribution in [2.24, 2.45) is 0 Å². The molecule has 3 unspecified atom stereocenters. The average Bonchev–Trinajstić information content (AvgIpc) is 2.58. The average molecular weight is 396 g/mol. The van der Waals surface area contributed by atoms with E-state index < -0.39 is 49.9 Å². The van der Waals surface area contributed by atoms with Crippen LogP contribution < -0.4 is 0 Å². The molecule has 0 aromatic heterocycles. The van der Waals surface area contributed by atoms with E-state index in [1.165, 1.54) is 6.92 Å². The van der Waals surface area contributed by atoms with Gasteiger partial charge in [0.25, 0.3) is 0 Å². The van der Waals surface area contributed by atoms with Gasteiger partial charge in [0, 0.05) is 21.3 Å². The molecule has 1 heterocycles. The molecule has 3 atom stereocenters. The summed E-state index contributed by atoms with van der Waals surface area (Å²) in [6, 6.07) is 0.